The fourth-order valence-electron chi connectivity index (χ4n) is 4.65. The number of benzene rings is 2. The summed E-state index contributed by atoms with van der Waals surface area (Å²) in [4.78, 5) is 21.0. The molecule has 0 saturated carbocycles. The Balaban J connectivity index is 1.45. The van der Waals surface area contributed by atoms with Gasteiger partial charge in [0.25, 0.3) is 0 Å². The first kappa shape index (κ1) is 26.1. The predicted molar refractivity (Wildman–Crippen MR) is 134 cm³/mol. The van der Waals surface area contributed by atoms with Crippen LogP contribution in [0.1, 0.15) is 16.7 Å². The van der Waals surface area contributed by atoms with Crippen LogP contribution in [-0.2, 0) is 24.0 Å². The van der Waals surface area contributed by atoms with Gasteiger partial charge in [0.1, 0.15) is 0 Å². The van der Waals surface area contributed by atoms with E-state index in [1.807, 2.05) is 31.3 Å². The first-order valence-corrected chi connectivity index (χ1v) is 12.3. The summed E-state index contributed by atoms with van der Waals surface area (Å²) in [6, 6.07) is 11.4. The van der Waals surface area contributed by atoms with Crippen LogP contribution in [0.4, 0.5) is 29.3 Å². The molecule has 2 aliphatic heterocycles. The highest BCUT2D eigenvalue weighted by Gasteiger charge is 2.31. The lowest BCUT2D eigenvalue weighted by Gasteiger charge is -2.35. The lowest BCUT2D eigenvalue weighted by molar-refractivity contribution is -0.137. The molecule has 1 N–H and O–H groups in total. The van der Waals surface area contributed by atoms with Gasteiger partial charge in [0.2, 0.25) is 0 Å². The van der Waals surface area contributed by atoms with Crippen LogP contribution in [0.25, 0.3) is 0 Å². The van der Waals surface area contributed by atoms with Crippen LogP contribution in [0.2, 0.25) is 0 Å². The second kappa shape index (κ2) is 11.4. The smallest absolute Gasteiger partial charge is 0.378 e. The molecule has 2 aromatic rings. The highest BCUT2D eigenvalue weighted by atomic mass is 19.4. The fourth-order valence-corrected chi connectivity index (χ4v) is 4.65. The summed E-state index contributed by atoms with van der Waals surface area (Å²) in [5.41, 5.74) is 2.56. The van der Waals surface area contributed by atoms with Gasteiger partial charge >= 0.3 is 12.2 Å². The number of alkyl halides is 3. The second-order valence-electron chi connectivity index (χ2n) is 9.37. The molecule has 0 aromatic heterocycles. The number of para-hydroxylation sites is 1. The summed E-state index contributed by atoms with van der Waals surface area (Å²) < 4.78 is 45.7. The molecule has 2 saturated heterocycles. The molecule has 0 atom stereocenters. The number of ether oxygens (including phenoxy) is 1. The van der Waals surface area contributed by atoms with E-state index >= 15 is 0 Å². The number of halogens is 3. The molecule has 36 heavy (non-hydrogen) atoms. The molecule has 2 amide bonds. The van der Waals surface area contributed by atoms with Crippen molar-refractivity contribution >= 4 is 17.4 Å². The number of anilines is 2. The van der Waals surface area contributed by atoms with Crippen LogP contribution in [0.3, 0.4) is 0 Å². The second-order valence-corrected chi connectivity index (χ2v) is 9.37. The van der Waals surface area contributed by atoms with Crippen molar-refractivity contribution < 1.29 is 22.7 Å². The van der Waals surface area contributed by atoms with E-state index in [0.717, 1.165) is 68.3 Å². The third-order valence-corrected chi connectivity index (χ3v) is 6.78. The number of morpholine rings is 1. The molecule has 10 heteroatoms. The molecule has 2 aliphatic rings. The SMILES string of the molecule is CN1CCN(c2ccc(C(F)(F)F)cc2CNC(=O)N(C)Cc2ccccc2N2CCOCC2)CC1. The lowest BCUT2D eigenvalue weighted by atomic mass is 10.1. The summed E-state index contributed by atoms with van der Waals surface area (Å²) in [5.74, 6) is 0. The van der Waals surface area contributed by atoms with Gasteiger partial charge in [0, 0.05) is 70.8 Å². The van der Waals surface area contributed by atoms with Crippen LogP contribution >= 0.6 is 0 Å². The zero-order valence-electron chi connectivity index (χ0n) is 20.9. The van der Waals surface area contributed by atoms with E-state index in [2.05, 4.69) is 20.0 Å². The Labute approximate surface area is 210 Å². The van der Waals surface area contributed by atoms with Crippen LogP contribution in [0.15, 0.2) is 42.5 Å². The molecule has 4 rings (SSSR count). The molecule has 2 heterocycles. The van der Waals surface area contributed by atoms with Gasteiger partial charge in [-0.3, -0.25) is 0 Å². The zero-order valence-corrected chi connectivity index (χ0v) is 20.9. The van der Waals surface area contributed by atoms with Crippen LogP contribution in [-0.4, -0.2) is 82.4 Å². The quantitative estimate of drug-likeness (QED) is 0.650. The number of rotatable bonds is 6. The van der Waals surface area contributed by atoms with Crippen LogP contribution < -0.4 is 15.1 Å². The molecule has 7 nitrogen and oxygen atoms in total. The van der Waals surface area contributed by atoms with Crippen LogP contribution in [0, 0.1) is 0 Å². The summed E-state index contributed by atoms with van der Waals surface area (Å²) in [7, 11) is 3.72. The van der Waals surface area contributed by atoms with E-state index in [9.17, 15) is 18.0 Å². The number of urea groups is 1. The highest BCUT2D eigenvalue weighted by molar-refractivity contribution is 5.74. The summed E-state index contributed by atoms with van der Waals surface area (Å²) in [5, 5.41) is 2.83. The van der Waals surface area contributed by atoms with E-state index in [0.29, 0.717) is 25.3 Å². The average Bonchev–Trinajstić information content (AvgIpc) is 2.88. The van der Waals surface area contributed by atoms with Crippen LogP contribution in [0.5, 0.6) is 0 Å². The predicted octanol–water partition coefficient (Wildman–Crippen LogP) is 3.64. The van der Waals surface area contributed by atoms with Gasteiger partial charge in [0.05, 0.1) is 18.8 Å². The Morgan fingerprint density at radius 1 is 0.944 bits per heavy atom. The Bertz CT molecular complexity index is 1030. The van der Waals surface area contributed by atoms with Gasteiger partial charge in [-0.25, -0.2) is 4.79 Å². The topological polar surface area (TPSA) is 51.3 Å². The molecule has 0 radical (unpaired) electrons. The fraction of sp³-hybridized carbons (Fsp3) is 0.500. The van der Waals surface area contributed by atoms with E-state index in [1.165, 1.54) is 6.07 Å². The summed E-state index contributed by atoms with van der Waals surface area (Å²) in [6.45, 7) is 6.41. The first-order chi connectivity index (χ1) is 17.2. The Kier molecular flexibility index (Phi) is 8.25. The molecule has 2 aromatic carbocycles. The van der Waals surface area contributed by atoms with Gasteiger partial charge in [0.15, 0.2) is 0 Å². The molecule has 0 bridgehead atoms. The van der Waals surface area contributed by atoms with Crippen molar-refractivity contribution in [3.8, 4) is 0 Å². The number of piperazine rings is 1. The van der Waals surface area contributed by atoms with Crippen molar-refractivity contribution in [2.45, 2.75) is 19.3 Å². The maximum atomic E-state index is 13.4. The Morgan fingerprint density at radius 2 is 1.58 bits per heavy atom. The third-order valence-electron chi connectivity index (χ3n) is 6.78. The number of hydrogen-bond donors (Lipinski definition) is 1. The minimum Gasteiger partial charge on any atom is -0.378 e. The molecule has 0 unspecified atom stereocenters. The third kappa shape index (κ3) is 6.41. The minimum atomic E-state index is -4.45. The lowest BCUT2D eigenvalue weighted by Crippen LogP contribution is -2.45. The van der Waals surface area contributed by atoms with Gasteiger partial charge < -0.3 is 29.7 Å². The largest absolute Gasteiger partial charge is 0.416 e. The number of likely N-dealkylation sites (N-methyl/N-ethyl adjacent to an activating group) is 1. The molecular weight excluding hydrogens is 471 g/mol. The Hall–Kier alpha value is -2.98. The van der Waals surface area contributed by atoms with Crippen molar-refractivity contribution in [2.24, 2.45) is 0 Å². The summed E-state index contributed by atoms with van der Waals surface area (Å²) >= 11 is 0. The minimum absolute atomic E-state index is 0.0138. The normalized spacial score (nSPS) is 17.2. The van der Waals surface area contributed by atoms with Gasteiger partial charge in [-0.15, -0.1) is 0 Å². The first-order valence-electron chi connectivity index (χ1n) is 12.3. The molecule has 0 spiro atoms. The molecule has 2 fully saturated rings. The Morgan fingerprint density at radius 3 is 2.28 bits per heavy atom. The molecular formula is C26H34F3N5O2. The number of nitrogens with one attached hydrogen (secondary N) is 1. The number of nitrogens with zero attached hydrogens (tertiary/aromatic N) is 4. The van der Waals surface area contributed by atoms with Crippen molar-refractivity contribution in [1.29, 1.82) is 0 Å². The van der Waals surface area contributed by atoms with E-state index in [-0.39, 0.29) is 12.6 Å². The number of carbonyl (C=O) groups is 1. The summed E-state index contributed by atoms with van der Waals surface area (Å²) in [6.07, 6.45) is -4.45. The van der Waals surface area contributed by atoms with Gasteiger partial charge in [-0.2, -0.15) is 13.2 Å². The van der Waals surface area contributed by atoms with Gasteiger partial charge in [-0.1, -0.05) is 18.2 Å². The number of amides is 2. The highest BCUT2D eigenvalue weighted by Crippen LogP contribution is 2.33. The van der Waals surface area contributed by atoms with Crippen molar-refractivity contribution in [3.05, 3.63) is 59.2 Å². The van der Waals surface area contributed by atoms with Gasteiger partial charge in [-0.05, 0) is 42.4 Å². The van der Waals surface area contributed by atoms with E-state index in [4.69, 9.17) is 4.74 Å². The standard InChI is InChI=1S/C26H34F3N5O2/c1-31-9-11-33(12-10-31)24-8-7-22(26(27,28)29)17-21(24)18-30-25(35)32(2)19-20-5-3-4-6-23(20)34-13-15-36-16-14-34/h3-8,17H,9-16,18-19H2,1-2H3,(H,30,35). The maximum absolute atomic E-state index is 13.4. The van der Waals surface area contributed by atoms with Crippen molar-refractivity contribution in [1.82, 2.24) is 15.1 Å². The monoisotopic (exact) mass is 505 g/mol. The molecule has 0 aliphatic carbocycles. The van der Waals surface area contributed by atoms with Crippen molar-refractivity contribution in [2.75, 3.05) is 76.4 Å². The van der Waals surface area contributed by atoms with E-state index < -0.39 is 11.7 Å². The maximum Gasteiger partial charge on any atom is 0.416 e. The average molecular weight is 506 g/mol. The zero-order chi connectivity index (χ0) is 25.7. The molecule has 196 valence electrons. The number of carbonyl (C=O) groups excluding carboxylic acids is 1. The van der Waals surface area contributed by atoms with Crippen molar-refractivity contribution in [3.63, 3.8) is 0 Å². The number of hydrogen-bond acceptors (Lipinski definition) is 5. The van der Waals surface area contributed by atoms with E-state index in [1.54, 1.807) is 11.9 Å².